The smallest absolute Gasteiger partial charge is 0.124 e. The van der Waals surface area contributed by atoms with Gasteiger partial charge >= 0.3 is 0 Å². The van der Waals surface area contributed by atoms with Crippen LogP contribution in [0, 0.1) is 0 Å². The van der Waals surface area contributed by atoms with Gasteiger partial charge in [0, 0.05) is 12.1 Å². The number of benzene rings is 1. The summed E-state index contributed by atoms with van der Waals surface area (Å²) >= 11 is 0. The van der Waals surface area contributed by atoms with Crippen LogP contribution >= 0.6 is 0 Å². The van der Waals surface area contributed by atoms with E-state index in [4.69, 9.17) is 10.5 Å². The van der Waals surface area contributed by atoms with Gasteiger partial charge in [-0.05, 0) is 68.8 Å². The van der Waals surface area contributed by atoms with Gasteiger partial charge in [0.15, 0.2) is 0 Å². The molecule has 1 aliphatic rings. The van der Waals surface area contributed by atoms with Crippen LogP contribution in [0.25, 0.3) is 11.3 Å². The van der Waals surface area contributed by atoms with Gasteiger partial charge in [-0.2, -0.15) is 0 Å². The van der Waals surface area contributed by atoms with Crippen LogP contribution < -0.4 is 10.5 Å². The number of hydrogen-bond donors (Lipinski definition) is 1. The molecule has 1 aromatic carbocycles. The highest BCUT2D eigenvalue weighted by Gasteiger charge is 2.23. The average molecular weight is 311 g/mol. The lowest BCUT2D eigenvalue weighted by molar-refractivity contribution is 0.261. The Kier molecular flexibility index (Phi) is 4.82. The van der Waals surface area contributed by atoms with Gasteiger partial charge in [0.1, 0.15) is 18.2 Å². The van der Waals surface area contributed by atoms with Crippen molar-refractivity contribution in [3.8, 4) is 17.0 Å². The molecule has 1 aliphatic carbocycles. The summed E-state index contributed by atoms with van der Waals surface area (Å²) in [4.78, 5) is 6.61. The summed E-state index contributed by atoms with van der Waals surface area (Å²) in [6.45, 7) is 1.62. The molecule has 0 saturated heterocycles. The number of pyridine rings is 1. The molecule has 0 radical (unpaired) electrons. The van der Waals surface area contributed by atoms with Crippen molar-refractivity contribution in [1.82, 2.24) is 9.88 Å². The van der Waals surface area contributed by atoms with Crippen molar-refractivity contribution in [3.05, 3.63) is 42.0 Å². The molecule has 23 heavy (non-hydrogen) atoms. The first-order chi connectivity index (χ1) is 11.1. The van der Waals surface area contributed by atoms with E-state index < -0.39 is 0 Å². The van der Waals surface area contributed by atoms with Gasteiger partial charge < -0.3 is 15.4 Å². The second-order valence-electron chi connectivity index (χ2n) is 6.48. The molecule has 3 rings (SSSR count). The number of anilines is 1. The van der Waals surface area contributed by atoms with E-state index in [1.807, 2.05) is 24.3 Å². The fourth-order valence-electron chi connectivity index (χ4n) is 2.87. The Balaban J connectivity index is 1.87. The number of hydrogen-bond acceptors (Lipinski definition) is 4. The maximum absolute atomic E-state index is 5.90. The van der Waals surface area contributed by atoms with E-state index in [9.17, 15) is 0 Å². The van der Waals surface area contributed by atoms with Crippen molar-refractivity contribution in [2.45, 2.75) is 25.2 Å². The molecule has 1 heterocycles. The summed E-state index contributed by atoms with van der Waals surface area (Å²) in [7, 11) is 4.11. The number of ether oxygens (including phenoxy) is 1. The number of nitrogens with zero attached hydrogens (tertiary/aromatic N) is 2. The van der Waals surface area contributed by atoms with Crippen LogP contribution in [0.15, 0.2) is 36.4 Å². The van der Waals surface area contributed by atoms with Crippen LogP contribution in [-0.4, -0.2) is 37.1 Å². The molecule has 2 aromatic rings. The third-order valence-electron chi connectivity index (χ3n) is 4.42. The first kappa shape index (κ1) is 15.8. The van der Waals surface area contributed by atoms with E-state index in [2.05, 4.69) is 36.1 Å². The van der Waals surface area contributed by atoms with Gasteiger partial charge in [0.25, 0.3) is 0 Å². The molecule has 4 heteroatoms. The zero-order valence-corrected chi connectivity index (χ0v) is 14.0. The Morgan fingerprint density at radius 2 is 2.04 bits per heavy atom. The summed E-state index contributed by atoms with van der Waals surface area (Å²) in [5, 5.41) is 0. The van der Waals surface area contributed by atoms with Crippen LogP contribution in [0.4, 0.5) is 5.82 Å². The molecule has 0 spiro atoms. The van der Waals surface area contributed by atoms with E-state index in [1.165, 1.54) is 30.4 Å². The van der Waals surface area contributed by atoms with Crippen LogP contribution in [0.2, 0.25) is 0 Å². The largest absolute Gasteiger partial charge is 0.492 e. The third kappa shape index (κ3) is 3.82. The van der Waals surface area contributed by atoms with Crippen LogP contribution in [-0.2, 0) is 0 Å². The average Bonchev–Trinajstić information content (AvgIpc) is 2.45. The first-order valence-corrected chi connectivity index (χ1v) is 8.28. The van der Waals surface area contributed by atoms with Crippen molar-refractivity contribution in [1.29, 1.82) is 0 Å². The molecule has 0 unspecified atom stereocenters. The second kappa shape index (κ2) is 7.01. The molecule has 1 saturated carbocycles. The van der Waals surface area contributed by atoms with E-state index in [0.29, 0.717) is 18.3 Å². The summed E-state index contributed by atoms with van der Waals surface area (Å²) in [6, 6.07) is 12.2. The zero-order chi connectivity index (χ0) is 16.2. The molecular formula is C19H25N3O. The van der Waals surface area contributed by atoms with Crippen molar-refractivity contribution in [2.75, 3.05) is 33.0 Å². The SMILES string of the molecule is CN(C)CCOc1ccc(-c2cccc(N)n2)c(C2CCC2)c1. The van der Waals surface area contributed by atoms with E-state index in [-0.39, 0.29) is 0 Å². The van der Waals surface area contributed by atoms with E-state index >= 15 is 0 Å². The normalized spacial score (nSPS) is 14.7. The van der Waals surface area contributed by atoms with Gasteiger partial charge in [0.05, 0.1) is 5.69 Å². The van der Waals surface area contributed by atoms with Crippen molar-refractivity contribution < 1.29 is 4.74 Å². The first-order valence-electron chi connectivity index (χ1n) is 8.28. The summed E-state index contributed by atoms with van der Waals surface area (Å²) in [5.74, 6) is 2.13. The van der Waals surface area contributed by atoms with Crippen molar-refractivity contribution in [2.24, 2.45) is 0 Å². The quantitative estimate of drug-likeness (QED) is 0.886. The standard InChI is InChI=1S/C19H25N3O/c1-22(2)11-12-23-15-9-10-16(17(13-15)14-5-3-6-14)18-7-4-8-19(20)21-18/h4,7-10,13-14H,3,5-6,11-12H2,1-2H3,(H2,20,21). The van der Waals surface area contributed by atoms with Gasteiger partial charge in [-0.3, -0.25) is 0 Å². The van der Waals surface area contributed by atoms with E-state index in [0.717, 1.165) is 18.0 Å². The number of nitrogen functional groups attached to an aromatic ring is 1. The van der Waals surface area contributed by atoms with Crippen molar-refractivity contribution in [3.63, 3.8) is 0 Å². The monoisotopic (exact) mass is 311 g/mol. The predicted molar refractivity (Wildman–Crippen MR) is 94.7 cm³/mol. The molecule has 0 bridgehead atoms. The second-order valence-corrected chi connectivity index (χ2v) is 6.48. The Labute approximate surface area is 138 Å². The molecule has 0 atom stereocenters. The van der Waals surface area contributed by atoms with Crippen LogP contribution in [0.1, 0.15) is 30.7 Å². The fourth-order valence-corrected chi connectivity index (χ4v) is 2.87. The lowest BCUT2D eigenvalue weighted by Crippen LogP contribution is -2.19. The molecule has 2 N–H and O–H groups in total. The lowest BCUT2D eigenvalue weighted by atomic mass is 9.77. The Morgan fingerprint density at radius 3 is 2.70 bits per heavy atom. The Bertz CT molecular complexity index is 665. The zero-order valence-electron chi connectivity index (χ0n) is 14.0. The Morgan fingerprint density at radius 1 is 1.22 bits per heavy atom. The minimum atomic E-state index is 0.563. The summed E-state index contributed by atoms with van der Waals surface area (Å²) in [6.07, 6.45) is 3.80. The Hall–Kier alpha value is -2.07. The highest BCUT2D eigenvalue weighted by Crippen LogP contribution is 2.42. The van der Waals surface area contributed by atoms with Crippen LogP contribution in [0.5, 0.6) is 5.75 Å². The van der Waals surface area contributed by atoms with Crippen LogP contribution in [0.3, 0.4) is 0 Å². The number of likely N-dealkylation sites (N-methyl/N-ethyl adjacent to an activating group) is 1. The molecule has 4 nitrogen and oxygen atoms in total. The third-order valence-corrected chi connectivity index (χ3v) is 4.42. The highest BCUT2D eigenvalue weighted by atomic mass is 16.5. The highest BCUT2D eigenvalue weighted by molar-refractivity contribution is 5.67. The summed E-state index contributed by atoms with van der Waals surface area (Å²) < 4.78 is 5.90. The minimum Gasteiger partial charge on any atom is -0.492 e. The number of nitrogens with two attached hydrogens (primary N) is 1. The van der Waals surface area contributed by atoms with E-state index in [1.54, 1.807) is 0 Å². The topological polar surface area (TPSA) is 51.4 Å². The van der Waals surface area contributed by atoms with Gasteiger partial charge in [0.2, 0.25) is 0 Å². The maximum Gasteiger partial charge on any atom is 0.124 e. The van der Waals surface area contributed by atoms with Gasteiger partial charge in [-0.15, -0.1) is 0 Å². The molecule has 0 amide bonds. The molecule has 0 aliphatic heterocycles. The fraction of sp³-hybridized carbons (Fsp3) is 0.421. The van der Waals surface area contributed by atoms with Gasteiger partial charge in [-0.25, -0.2) is 4.98 Å². The van der Waals surface area contributed by atoms with Gasteiger partial charge in [-0.1, -0.05) is 12.5 Å². The summed E-state index contributed by atoms with van der Waals surface area (Å²) in [5.41, 5.74) is 9.33. The minimum absolute atomic E-state index is 0.563. The molecule has 1 fully saturated rings. The molecule has 122 valence electrons. The maximum atomic E-state index is 5.90. The molecular weight excluding hydrogens is 286 g/mol. The number of aromatic nitrogens is 1. The predicted octanol–water partition coefficient (Wildman–Crippen LogP) is 3.54. The lowest BCUT2D eigenvalue weighted by Gasteiger charge is -2.28. The molecule has 1 aromatic heterocycles. The number of rotatable bonds is 6. The van der Waals surface area contributed by atoms with Crippen molar-refractivity contribution >= 4 is 5.82 Å².